The van der Waals surface area contributed by atoms with E-state index in [1.54, 1.807) is 11.3 Å². The molecule has 0 aliphatic rings. The Morgan fingerprint density at radius 3 is 2.75 bits per heavy atom. The van der Waals surface area contributed by atoms with Crippen LogP contribution in [0.5, 0.6) is 0 Å². The van der Waals surface area contributed by atoms with Crippen molar-refractivity contribution in [2.75, 3.05) is 0 Å². The van der Waals surface area contributed by atoms with Crippen LogP contribution in [0.15, 0.2) is 48.0 Å². The molecule has 3 aromatic rings. The van der Waals surface area contributed by atoms with Crippen molar-refractivity contribution >= 4 is 11.3 Å². The second kappa shape index (κ2) is 5.23. The zero-order valence-electron chi connectivity index (χ0n) is 11.6. The molecule has 0 aliphatic carbocycles. The molecule has 0 bridgehead atoms. The SMILES string of the molecule is Cc1cccc(-n2ncc(C(N)c3cccs3)c2C)c1. The molecule has 0 fully saturated rings. The fraction of sp³-hybridized carbons (Fsp3) is 0.188. The van der Waals surface area contributed by atoms with E-state index in [2.05, 4.69) is 48.6 Å². The van der Waals surface area contributed by atoms with Gasteiger partial charge in [0.15, 0.2) is 0 Å². The number of hydrogen-bond donors (Lipinski definition) is 1. The number of thiophene rings is 1. The fourth-order valence-corrected chi connectivity index (χ4v) is 3.11. The van der Waals surface area contributed by atoms with Gasteiger partial charge in [-0.2, -0.15) is 5.10 Å². The van der Waals surface area contributed by atoms with Crippen molar-refractivity contribution in [3.63, 3.8) is 0 Å². The topological polar surface area (TPSA) is 43.8 Å². The number of hydrogen-bond acceptors (Lipinski definition) is 3. The summed E-state index contributed by atoms with van der Waals surface area (Å²) in [5.74, 6) is 0. The van der Waals surface area contributed by atoms with Crippen LogP contribution in [0.3, 0.4) is 0 Å². The lowest BCUT2D eigenvalue weighted by Gasteiger charge is -2.10. The van der Waals surface area contributed by atoms with Crippen molar-refractivity contribution < 1.29 is 0 Å². The van der Waals surface area contributed by atoms with Crippen molar-refractivity contribution in [1.29, 1.82) is 0 Å². The van der Waals surface area contributed by atoms with E-state index >= 15 is 0 Å². The van der Waals surface area contributed by atoms with Crippen molar-refractivity contribution in [3.8, 4) is 5.69 Å². The van der Waals surface area contributed by atoms with Gasteiger partial charge in [-0.05, 0) is 43.0 Å². The summed E-state index contributed by atoms with van der Waals surface area (Å²) in [4.78, 5) is 1.16. The standard InChI is InChI=1S/C16H17N3S/c1-11-5-3-6-13(9-11)19-12(2)14(10-18-19)16(17)15-7-4-8-20-15/h3-10,16H,17H2,1-2H3. The highest BCUT2D eigenvalue weighted by Crippen LogP contribution is 2.27. The van der Waals surface area contributed by atoms with Crippen molar-refractivity contribution in [2.45, 2.75) is 19.9 Å². The quantitative estimate of drug-likeness (QED) is 0.798. The monoisotopic (exact) mass is 283 g/mol. The maximum atomic E-state index is 6.34. The molecule has 102 valence electrons. The molecular weight excluding hydrogens is 266 g/mol. The largest absolute Gasteiger partial charge is 0.320 e. The maximum Gasteiger partial charge on any atom is 0.0679 e. The van der Waals surface area contributed by atoms with E-state index in [1.807, 2.05) is 23.0 Å². The van der Waals surface area contributed by atoms with Crippen LogP contribution in [0.25, 0.3) is 5.69 Å². The molecule has 0 saturated carbocycles. The van der Waals surface area contributed by atoms with Crippen molar-refractivity contribution in [3.05, 3.63) is 69.7 Å². The molecule has 3 nitrogen and oxygen atoms in total. The Labute approximate surface area is 122 Å². The lowest BCUT2D eigenvalue weighted by Crippen LogP contribution is -2.11. The first-order valence-electron chi connectivity index (χ1n) is 6.57. The van der Waals surface area contributed by atoms with Gasteiger partial charge in [-0.25, -0.2) is 4.68 Å². The Morgan fingerprint density at radius 2 is 2.05 bits per heavy atom. The summed E-state index contributed by atoms with van der Waals surface area (Å²) in [6.45, 7) is 4.15. The lowest BCUT2D eigenvalue weighted by molar-refractivity contribution is 0.830. The van der Waals surface area contributed by atoms with Crippen LogP contribution in [0.2, 0.25) is 0 Å². The average Bonchev–Trinajstić information content (AvgIpc) is 3.07. The van der Waals surface area contributed by atoms with Crippen LogP contribution >= 0.6 is 11.3 Å². The minimum Gasteiger partial charge on any atom is -0.320 e. The number of rotatable bonds is 3. The molecular formula is C16H17N3S. The second-order valence-corrected chi connectivity index (χ2v) is 5.91. The van der Waals surface area contributed by atoms with Crippen molar-refractivity contribution in [2.24, 2.45) is 5.73 Å². The average molecular weight is 283 g/mol. The Morgan fingerprint density at radius 1 is 1.20 bits per heavy atom. The van der Waals surface area contributed by atoms with E-state index in [0.29, 0.717) is 0 Å². The summed E-state index contributed by atoms with van der Waals surface area (Å²) >= 11 is 1.68. The molecule has 20 heavy (non-hydrogen) atoms. The third kappa shape index (κ3) is 2.28. The van der Waals surface area contributed by atoms with Gasteiger partial charge in [0.1, 0.15) is 0 Å². The number of nitrogens with two attached hydrogens (primary N) is 1. The summed E-state index contributed by atoms with van der Waals surface area (Å²) < 4.78 is 1.95. The van der Waals surface area contributed by atoms with Gasteiger partial charge >= 0.3 is 0 Å². The van der Waals surface area contributed by atoms with E-state index in [4.69, 9.17) is 5.73 Å². The molecule has 2 heterocycles. The highest BCUT2D eigenvalue weighted by molar-refractivity contribution is 7.10. The third-order valence-electron chi connectivity index (χ3n) is 3.48. The smallest absolute Gasteiger partial charge is 0.0679 e. The fourth-order valence-electron chi connectivity index (χ4n) is 2.37. The highest BCUT2D eigenvalue weighted by atomic mass is 32.1. The Balaban J connectivity index is 2.01. The highest BCUT2D eigenvalue weighted by Gasteiger charge is 2.17. The Bertz CT molecular complexity index is 713. The van der Waals surface area contributed by atoms with Gasteiger partial charge in [-0.1, -0.05) is 18.2 Å². The zero-order chi connectivity index (χ0) is 14.1. The van der Waals surface area contributed by atoms with Crippen LogP contribution in [0.4, 0.5) is 0 Å². The van der Waals surface area contributed by atoms with Crippen LogP contribution < -0.4 is 5.73 Å². The van der Waals surface area contributed by atoms with Gasteiger partial charge in [-0.15, -0.1) is 11.3 Å². The molecule has 2 N–H and O–H groups in total. The van der Waals surface area contributed by atoms with Crippen LogP contribution in [0, 0.1) is 13.8 Å². The van der Waals surface area contributed by atoms with Gasteiger partial charge in [-0.3, -0.25) is 0 Å². The molecule has 0 saturated heterocycles. The lowest BCUT2D eigenvalue weighted by atomic mass is 10.1. The summed E-state index contributed by atoms with van der Waals surface area (Å²) in [5, 5.41) is 6.55. The first-order valence-corrected chi connectivity index (χ1v) is 7.45. The normalized spacial score (nSPS) is 12.6. The molecule has 0 spiro atoms. The van der Waals surface area contributed by atoms with Gasteiger partial charge in [0.2, 0.25) is 0 Å². The first-order chi connectivity index (χ1) is 9.66. The number of aryl methyl sites for hydroxylation is 1. The first kappa shape index (κ1) is 13.1. The second-order valence-electron chi connectivity index (χ2n) is 4.93. The molecule has 4 heteroatoms. The molecule has 1 unspecified atom stereocenters. The molecule has 3 rings (SSSR count). The van der Waals surface area contributed by atoms with Crippen LogP contribution in [-0.4, -0.2) is 9.78 Å². The summed E-state index contributed by atoms with van der Waals surface area (Å²) in [6, 6.07) is 12.3. The van der Waals surface area contributed by atoms with E-state index in [9.17, 15) is 0 Å². The summed E-state index contributed by atoms with van der Waals surface area (Å²) in [7, 11) is 0. The predicted octanol–water partition coefficient (Wildman–Crippen LogP) is 3.60. The van der Waals surface area contributed by atoms with Gasteiger partial charge in [0.05, 0.1) is 17.9 Å². The summed E-state index contributed by atoms with van der Waals surface area (Å²) in [5.41, 5.74) is 10.8. The third-order valence-corrected chi connectivity index (χ3v) is 4.43. The summed E-state index contributed by atoms with van der Waals surface area (Å²) in [6.07, 6.45) is 1.88. The minimum absolute atomic E-state index is 0.103. The Kier molecular flexibility index (Phi) is 3.42. The number of aromatic nitrogens is 2. The van der Waals surface area contributed by atoms with Gasteiger partial charge in [0.25, 0.3) is 0 Å². The molecule has 0 aliphatic heterocycles. The van der Waals surface area contributed by atoms with E-state index in [-0.39, 0.29) is 6.04 Å². The van der Waals surface area contributed by atoms with Crippen LogP contribution in [0.1, 0.15) is 27.7 Å². The Hall–Kier alpha value is -1.91. The molecule has 1 aromatic carbocycles. The minimum atomic E-state index is -0.103. The van der Waals surface area contributed by atoms with Crippen LogP contribution in [-0.2, 0) is 0 Å². The number of nitrogens with zero attached hydrogens (tertiary/aromatic N) is 2. The maximum absolute atomic E-state index is 6.34. The number of benzene rings is 1. The van der Waals surface area contributed by atoms with E-state index in [1.165, 1.54) is 5.56 Å². The molecule has 0 radical (unpaired) electrons. The zero-order valence-corrected chi connectivity index (χ0v) is 12.4. The molecule has 1 atom stereocenters. The molecule has 2 aromatic heterocycles. The predicted molar refractivity (Wildman–Crippen MR) is 83.4 cm³/mol. The van der Waals surface area contributed by atoms with E-state index < -0.39 is 0 Å². The van der Waals surface area contributed by atoms with Gasteiger partial charge < -0.3 is 5.73 Å². The molecule has 0 amide bonds. The van der Waals surface area contributed by atoms with E-state index in [0.717, 1.165) is 21.8 Å². The van der Waals surface area contributed by atoms with Crippen molar-refractivity contribution in [1.82, 2.24) is 9.78 Å². The van der Waals surface area contributed by atoms with Gasteiger partial charge in [0, 0.05) is 16.1 Å².